The molecular formula is C40H26. The summed E-state index contributed by atoms with van der Waals surface area (Å²) in [6, 6.07) is -2.46. The molecule has 0 unspecified atom stereocenters. The molecule has 0 fully saturated rings. The molecule has 0 bridgehead atoms. The molecule has 8 aromatic rings. The molecule has 40 heavy (non-hydrogen) atoms. The molecule has 0 aliphatic rings. The van der Waals surface area contributed by atoms with Gasteiger partial charge in [0.15, 0.2) is 0 Å². The highest BCUT2D eigenvalue weighted by atomic mass is 14.2. The third-order valence-electron chi connectivity index (χ3n) is 6.85. The summed E-state index contributed by atoms with van der Waals surface area (Å²) < 4.78 is 170. The van der Waals surface area contributed by atoms with Crippen LogP contribution in [0, 0.1) is 0 Å². The maximum Gasteiger partial charge on any atom is 0.0636 e. The molecule has 0 heterocycles. The molecule has 8 aromatic carbocycles. The summed E-state index contributed by atoms with van der Waals surface area (Å²) in [6.07, 6.45) is 0. The van der Waals surface area contributed by atoms with Gasteiger partial charge in [-0.25, -0.2) is 0 Å². The Morgan fingerprint density at radius 1 is 0.375 bits per heavy atom. The van der Waals surface area contributed by atoms with E-state index in [9.17, 15) is 8.22 Å². The molecule has 0 aliphatic heterocycles. The van der Waals surface area contributed by atoms with E-state index in [1.165, 1.54) is 0 Å². The number of hydrogen-bond acceptors (Lipinski definition) is 0. The van der Waals surface area contributed by atoms with E-state index in [0.717, 1.165) is 5.39 Å². The lowest BCUT2D eigenvalue weighted by atomic mass is 9.83. The second kappa shape index (κ2) is 9.22. The Kier molecular flexibility index (Phi) is 2.48. The molecule has 8 rings (SSSR count). The molecule has 0 saturated carbocycles. The summed E-state index contributed by atoms with van der Waals surface area (Å²) >= 11 is 0. The van der Waals surface area contributed by atoms with Gasteiger partial charge in [-0.2, -0.15) is 0 Å². The number of fused-ring (bicyclic) bond motifs is 4. The molecule has 0 spiro atoms. The van der Waals surface area contributed by atoms with Crippen LogP contribution in [0.15, 0.2) is 157 Å². The zero-order valence-corrected chi connectivity index (χ0v) is 20.5. The molecule has 0 N–H and O–H groups in total. The standard InChI is InChI=1S/C40H26/c1-2-11-27(12-3-1)31-23-24-37-38(26-31)40(34-20-10-16-29-14-6-7-17-33(29)34)36-19-9-8-18-35(36)39(37)32-22-21-28-13-4-5-15-30(28)25-32/h1-26H/i1D,2D,3D,6D,7D,8D,9D,10D,11D,12D,14D,16D,17D,18D,19D,20D,23D,24D,26D. The normalized spacial score (nSPS) is 18.1. The van der Waals surface area contributed by atoms with E-state index in [4.69, 9.17) is 17.8 Å². The van der Waals surface area contributed by atoms with Gasteiger partial charge < -0.3 is 0 Å². The van der Waals surface area contributed by atoms with E-state index < -0.39 is 159 Å². The van der Waals surface area contributed by atoms with Gasteiger partial charge in [0.05, 0.1) is 26.0 Å². The van der Waals surface area contributed by atoms with E-state index in [2.05, 4.69) is 0 Å². The van der Waals surface area contributed by atoms with Gasteiger partial charge in [-0.15, -0.1) is 0 Å². The van der Waals surface area contributed by atoms with Crippen LogP contribution >= 0.6 is 0 Å². The highest BCUT2D eigenvalue weighted by Gasteiger charge is 2.19. The zero-order valence-electron chi connectivity index (χ0n) is 39.5. The van der Waals surface area contributed by atoms with Gasteiger partial charge in [-0.05, 0) is 88.6 Å². The van der Waals surface area contributed by atoms with Crippen molar-refractivity contribution >= 4 is 43.1 Å². The van der Waals surface area contributed by atoms with Gasteiger partial charge in [0.2, 0.25) is 0 Å². The zero-order chi connectivity index (χ0) is 43.0. The monoisotopic (exact) mass is 525 g/mol. The number of rotatable bonds is 3. The quantitative estimate of drug-likeness (QED) is 0.201. The topological polar surface area (TPSA) is 0 Å². The second-order valence-electron chi connectivity index (χ2n) is 9.06. The van der Waals surface area contributed by atoms with Crippen LogP contribution in [0.5, 0.6) is 0 Å². The summed E-state index contributed by atoms with van der Waals surface area (Å²) in [5, 5.41) is -0.958. The number of hydrogen-bond donors (Lipinski definition) is 0. The van der Waals surface area contributed by atoms with E-state index in [1.807, 2.05) is 6.07 Å². The van der Waals surface area contributed by atoms with Gasteiger partial charge in [-0.1, -0.05) is 145 Å². The van der Waals surface area contributed by atoms with Crippen LogP contribution in [0.25, 0.3) is 76.5 Å². The fourth-order valence-corrected chi connectivity index (χ4v) is 5.10. The summed E-state index contributed by atoms with van der Waals surface area (Å²) in [7, 11) is 0. The minimum Gasteiger partial charge on any atom is -0.0622 e. The van der Waals surface area contributed by atoms with E-state index in [0.29, 0.717) is 5.39 Å². The molecule has 186 valence electrons. The average molecular weight is 526 g/mol. The highest BCUT2D eigenvalue weighted by molar-refractivity contribution is 6.24. The first kappa shape index (κ1) is 10.8. The van der Waals surface area contributed by atoms with E-state index in [1.54, 1.807) is 36.4 Å². The Balaban J connectivity index is 1.80. The van der Waals surface area contributed by atoms with Crippen molar-refractivity contribution < 1.29 is 26.0 Å². The molecule has 0 radical (unpaired) electrons. The van der Waals surface area contributed by atoms with Crippen LogP contribution in [0.2, 0.25) is 0 Å². The molecule has 0 saturated heterocycles. The average Bonchev–Trinajstić information content (AvgIpc) is 3.23. The van der Waals surface area contributed by atoms with Crippen molar-refractivity contribution in [3.63, 3.8) is 0 Å². The van der Waals surface area contributed by atoms with Crippen LogP contribution < -0.4 is 0 Å². The van der Waals surface area contributed by atoms with Gasteiger partial charge in [-0.3, -0.25) is 0 Å². The van der Waals surface area contributed by atoms with Crippen LogP contribution in [-0.4, -0.2) is 0 Å². The molecule has 0 atom stereocenters. The molecule has 0 aliphatic carbocycles. The Labute approximate surface area is 260 Å². The van der Waals surface area contributed by atoms with Crippen molar-refractivity contribution in [2.24, 2.45) is 0 Å². The van der Waals surface area contributed by atoms with Gasteiger partial charge in [0, 0.05) is 0 Å². The van der Waals surface area contributed by atoms with Crippen molar-refractivity contribution in [2.75, 3.05) is 0 Å². The minimum atomic E-state index is -0.834. The summed E-state index contributed by atoms with van der Waals surface area (Å²) in [6.45, 7) is 0. The summed E-state index contributed by atoms with van der Waals surface area (Å²) in [4.78, 5) is 0. The minimum absolute atomic E-state index is 0.0583. The van der Waals surface area contributed by atoms with Crippen molar-refractivity contribution in [3.05, 3.63) is 157 Å². The molecule has 0 nitrogen and oxygen atoms in total. The third kappa shape index (κ3) is 3.61. The van der Waals surface area contributed by atoms with E-state index >= 15 is 0 Å². The van der Waals surface area contributed by atoms with Crippen molar-refractivity contribution in [3.8, 4) is 33.4 Å². The predicted octanol–water partition coefficient (Wildman–Crippen LogP) is 11.3. The van der Waals surface area contributed by atoms with Crippen LogP contribution in [0.4, 0.5) is 0 Å². The maximum atomic E-state index is 9.90. The first-order valence-corrected chi connectivity index (χ1v) is 12.3. The van der Waals surface area contributed by atoms with E-state index in [-0.39, 0.29) is 21.9 Å². The summed E-state index contributed by atoms with van der Waals surface area (Å²) in [5.74, 6) is 0. The number of benzene rings is 8. The van der Waals surface area contributed by atoms with Crippen molar-refractivity contribution in [2.45, 2.75) is 0 Å². The first-order valence-electron chi connectivity index (χ1n) is 21.8. The molecular weight excluding hydrogens is 480 g/mol. The first-order chi connectivity index (χ1) is 27.8. The third-order valence-corrected chi connectivity index (χ3v) is 6.85. The van der Waals surface area contributed by atoms with Crippen molar-refractivity contribution in [1.82, 2.24) is 0 Å². The molecule has 0 heteroatoms. The predicted molar refractivity (Wildman–Crippen MR) is 173 cm³/mol. The van der Waals surface area contributed by atoms with Crippen LogP contribution in [-0.2, 0) is 0 Å². The maximum absolute atomic E-state index is 9.90. The smallest absolute Gasteiger partial charge is 0.0622 e. The highest BCUT2D eigenvalue weighted by Crippen LogP contribution is 2.46. The van der Waals surface area contributed by atoms with Gasteiger partial charge >= 0.3 is 0 Å². The van der Waals surface area contributed by atoms with Gasteiger partial charge in [0.25, 0.3) is 0 Å². The Morgan fingerprint density at radius 3 is 1.90 bits per heavy atom. The van der Waals surface area contributed by atoms with Crippen molar-refractivity contribution in [1.29, 1.82) is 0 Å². The van der Waals surface area contributed by atoms with Crippen LogP contribution in [0.1, 0.15) is 26.0 Å². The second-order valence-corrected chi connectivity index (χ2v) is 9.06. The molecule has 0 amide bonds. The van der Waals surface area contributed by atoms with Gasteiger partial charge in [0.1, 0.15) is 0 Å². The lowest BCUT2D eigenvalue weighted by Gasteiger charge is -2.20. The fourth-order valence-electron chi connectivity index (χ4n) is 5.10. The Bertz CT molecular complexity index is 3230. The summed E-state index contributed by atoms with van der Waals surface area (Å²) in [5.41, 5.74) is -2.08. The SMILES string of the molecule is [2H]c1c([2H])c([2H])c(-c2c([2H])c([2H])c3c(-c4ccc5ccccc5c4)c4c([2H])c([2H])c([2H])c([2H])c4c(-c4c([2H])c([2H])c([2H])c5c([2H])c([2H])c([2H])c([2H])c45)c3c2[2H])c([2H])c1[2H]. The lowest BCUT2D eigenvalue weighted by molar-refractivity contribution is 1.64. The lowest BCUT2D eigenvalue weighted by Crippen LogP contribution is -1.92. The fraction of sp³-hybridized carbons (Fsp3) is 0. The Hall–Kier alpha value is -5.20. The Morgan fingerprint density at radius 2 is 1.05 bits per heavy atom. The largest absolute Gasteiger partial charge is 0.0636 e. The molecule has 0 aromatic heterocycles. The van der Waals surface area contributed by atoms with Crippen LogP contribution in [0.3, 0.4) is 0 Å².